The van der Waals surface area contributed by atoms with Crippen molar-refractivity contribution in [3.63, 3.8) is 0 Å². The van der Waals surface area contributed by atoms with Gasteiger partial charge in [0.25, 0.3) is 0 Å². The number of esters is 6. The zero-order chi connectivity index (χ0) is 35.9. The smallest absolute Gasteiger partial charge is 0.346 e. The molecule has 0 radical (unpaired) electrons. The van der Waals surface area contributed by atoms with Crippen LogP contribution in [-0.4, -0.2) is 35.8 Å². The van der Waals surface area contributed by atoms with E-state index >= 15 is 0 Å². The molecule has 10 heteroatoms. The fourth-order valence-corrected chi connectivity index (χ4v) is 6.03. The van der Waals surface area contributed by atoms with E-state index in [-0.39, 0.29) is 44.9 Å². The van der Waals surface area contributed by atoms with Gasteiger partial charge in [-0.05, 0) is 82.9 Å². The van der Waals surface area contributed by atoms with Crippen LogP contribution in [0, 0.1) is 0 Å². The first-order valence-corrected chi connectivity index (χ1v) is 15.9. The van der Waals surface area contributed by atoms with Crippen LogP contribution in [-0.2, 0) is 9.47 Å². The number of carbonyl (C=O) groups is 6. The summed E-state index contributed by atoms with van der Waals surface area (Å²) in [6, 6.07) is 37.4. The molecule has 0 amide bonds. The number of cyclic esters (lactones) is 4. The molecule has 2 aliphatic rings. The van der Waals surface area contributed by atoms with Gasteiger partial charge < -0.3 is 18.9 Å². The van der Waals surface area contributed by atoms with Crippen LogP contribution in [0.5, 0.6) is 11.5 Å². The quantitative estimate of drug-likeness (QED) is 0.0930. The van der Waals surface area contributed by atoms with Crippen LogP contribution in [0.3, 0.4) is 0 Å². The van der Waals surface area contributed by atoms with Gasteiger partial charge in [-0.1, -0.05) is 72.8 Å². The minimum absolute atomic E-state index is 0.00473. The molecule has 6 aromatic rings. The summed E-state index contributed by atoms with van der Waals surface area (Å²) in [4.78, 5) is 74.6. The minimum Gasteiger partial charge on any atom is -0.422 e. The normalized spacial score (nSPS) is 12.8. The third-order valence-corrected chi connectivity index (χ3v) is 8.63. The van der Waals surface area contributed by atoms with Crippen molar-refractivity contribution >= 4 is 35.8 Å². The molecule has 0 unspecified atom stereocenters. The lowest BCUT2D eigenvalue weighted by atomic mass is 9.95. The Labute approximate surface area is 294 Å². The molecular formula is C42H22O10. The summed E-state index contributed by atoms with van der Waals surface area (Å²) in [6.45, 7) is 0. The Bertz CT molecular complexity index is 2340. The molecule has 0 saturated heterocycles. The van der Waals surface area contributed by atoms with E-state index in [1.165, 1.54) is 36.4 Å². The highest BCUT2D eigenvalue weighted by Crippen LogP contribution is 2.39. The second-order valence-corrected chi connectivity index (χ2v) is 11.8. The van der Waals surface area contributed by atoms with Crippen molar-refractivity contribution in [3.05, 3.63) is 167 Å². The van der Waals surface area contributed by atoms with Gasteiger partial charge in [0.1, 0.15) is 11.5 Å². The lowest BCUT2D eigenvalue weighted by Gasteiger charge is -2.15. The van der Waals surface area contributed by atoms with Gasteiger partial charge >= 0.3 is 35.8 Å². The van der Waals surface area contributed by atoms with Crippen molar-refractivity contribution in [2.45, 2.75) is 0 Å². The van der Waals surface area contributed by atoms with Crippen molar-refractivity contribution in [1.29, 1.82) is 0 Å². The Morgan fingerprint density at radius 1 is 0.365 bits per heavy atom. The average Bonchev–Trinajstić information content (AvgIpc) is 3.63. The Kier molecular flexibility index (Phi) is 7.81. The van der Waals surface area contributed by atoms with Crippen LogP contribution in [0.1, 0.15) is 62.1 Å². The van der Waals surface area contributed by atoms with Gasteiger partial charge in [-0.25, -0.2) is 28.8 Å². The summed E-state index contributed by atoms with van der Waals surface area (Å²) >= 11 is 0. The topological polar surface area (TPSA) is 139 Å². The summed E-state index contributed by atoms with van der Waals surface area (Å²) in [7, 11) is 0. The Morgan fingerprint density at radius 3 is 1.15 bits per heavy atom. The first-order valence-electron chi connectivity index (χ1n) is 15.9. The molecule has 8 rings (SSSR count). The zero-order valence-electron chi connectivity index (χ0n) is 26.8. The highest BCUT2D eigenvalue weighted by atomic mass is 16.6. The third-order valence-electron chi connectivity index (χ3n) is 8.63. The van der Waals surface area contributed by atoms with Crippen LogP contribution in [0.2, 0.25) is 0 Å². The van der Waals surface area contributed by atoms with Crippen molar-refractivity contribution in [3.8, 4) is 44.9 Å². The predicted octanol–water partition coefficient (Wildman–Crippen LogP) is 7.75. The maximum Gasteiger partial charge on any atom is 0.346 e. The first-order chi connectivity index (χ1) is 25.2. The van der Waals surface area contributed by atoms with Gasteiger partial charge in [0, 0.05) is 11.1 Å². The van der Waals surface area contributed by atoms with Crippen LogP contribution < -0.4 is 9.47 Å². The molecule has 0 N–H and O–H groups in total. The van der Waals surface area contributed by atoms with E-state index in [9.17, 15) is 28.8 Å². The van der Waals surface area contributed by atoms with Crippen molar-refractivity contribution in [1.82, 2.24) is 0 Å². The number of carbonyl (C=O) groups excluding carboxylic acids is 6. The van der Waals surface area contributed by atoms with Crippen molar-refractivity contribution in [2.75, 3.05) is 0 Å². The van der Waals surface area contributed by atoms with Gasteiger partial charge in [0.15, 0.2) is 0 Å². The summed E-state index contributed by atoms with van der Waals surface area (Å²) in [5.74, 6) is -4.14. The van der Waals surface area contributed by atoms with Crippen LogP contribution in [0.4, 0.5) is 0 Å². The van der Waals surface area contributed by atoms with E-state index in [4.69, 9.17) is 9.47 Å². The molecule has 6 aromatic carbocycles. The van der Waals surface area contributed by atoms with E-state index in [0.717, 1.165) is 22.3 Å². The monoisotopic (exact) mass is 686 g/mol. The summed E-state index contributed by atoms with van der Waals surface area (Å²) in [5.41, 5.74) is 4.55. The molecule has 2 aliphatic heterocycles. The average molecular weight is 687 g/mol. The van der Waals surface area contributed by atoms with E-state index < -0.39 is 35.8 Å². The summed E-state index contributed by atoms with van der Waals surface area (Å²) < 4.78 is 21.0. The molecule has 2 heterocycles. The molecule has 0 bridgehead atoms. The molecule has 0 spiro atoms. The van der Waals surface area contributed by atoms with Gasteiger partial charge in [-0.2, -0.15) is 0 Å². The van der Waals surface area contributed by atoms with E-state index in [1.807, 2.05) is 72.8 Å². The number of fused-ring (bicyclic) bond motifs is 2. The number of ether oxygens (including phenoxy) is 4. The van der Waals surface area contributed by atoms with Crippen molar-refractivity contribution < 1.29 is 47.7 Å². The number of hydrogen-bond donors (Lipinski definition) is 0. The Morgan fingerprint density at radius 2 is 0.750 bits per heavy atom. The van der Waals surface area contributed by atoms with E-state index in [1.54, 1.807) is 24.3 Å². The molecule has 250 valence electrons. The highest BCUT2D eigenvalue weighted by molar-refractivity contribution is 6.16. The van der Waals surface area contributed by atoms with Crippen LogP contribution in [0.15, 0.2) is 133 Å². The molecule has 0 aliphatic carbocycles. The largest absolute Gasteiger partial charge is 0.422 e. The SMILES string of the molecule is O=C(Oc1ccc(-c2ccc(OC(=O)c3ccc4c(c3)C(=O)OC4=O)c(-c3ccccc3)c2)cc1-c1ccccc1)c1ccc2c(c1)C(=O)OC2=O. The Hall–Kier alpha value is -7.46. The summed E-state index contributed by atoms with van der Waals surface area (Å²) in [5, 5.41) is 0. The fourth-order valence-electron chi connectivity index (χ4n) is 6.03. The standard InChI is InChI=1S/C42H22O10/c43-37(27-11-15-29-33(21-27)41(47)51-39(29)45)49-35-17-13-25(19-31(35)23-7-3-1-4-8-23)26-14-18-36(32(20-26)24-9-5-2-6-10-24)50-38(44)28-12-16-30-34(22-28)42(48)52-40(30)46/h1-22H. The lowest BCUT2D eigenvalue weighted by Crippen LogP contribution is -2.10. The van der Waals surface area contributed by atoms with Gasteiger partial charge in [-0.15, -0.1) is 0 Å². The maximum atomic E-state index is 13.3. The molecule has 0 aromatic heterocycles. The maximum absolute atomic E-state index is 13.3. The second kappa shape index (κ2) is 12.8. The number of benzene rings is 6. The predicted molar refractivity (Wildman–Crippen MR) is 185 cm³/mol. The molecular weight excluding hydrogens is 664 g/mol. The summed E-state index contributed by atoms with van der Waals surface area (Å²) in [6.07, 6.45) is 0. The zero-order valence-corrected chi connectivity index (χ0v) is 26.8. The minimum atomic E-state index is -0.827. The van der Waals surface area contributed by atoms with E-state index in [0.29, 0.717) is 11.1 Å². The number of rotatable bonds is 7. The third kappa shape index (κ3) is 5.80. The molecule has 0 fully saturated rings. The second-order valence-electron chi connectivity index (χ2n) is 11.8. The van der Waals surface area contributed by atoms with Gasteiger partial charge in [0.2, 0.25) is 0 Å². The van der Waals surface area contributed by atoms with Gasteiger partial charge in [0.05, 0.1) is 33.4 Å². The highest BCUT2D eigenvalue weighted by Gasteiger charge is 2.32. The van der Waals surface area contributed by atoms with Crippen molar-refractivity contribution in [2.24, 2.45) is 0 Å². The number of hydrogen-bond acceptors (Lipinski definition) is 10. The van der Waals surface area contributed by atoms with Crippen LogP contribution in [0.25, 0.3) is 33.4 Å². The molecule has 10 nitrogen and oxygen atoms in total. The fraction of sp³-hybridized carbons (Fsp3) is 0. The Balaban J connectivity index is 1.14. The molecule has 52 heavy (non-hydrogen) atoms. The molecule has 0 saturated carbocycles. The molecule has 0 atom stereocenters. The first kappa shape index (κ1) is 31.8. The van der Waals surface area contributed by atoms with E-state index in [2.05, 4.69) is 9.47 Å². The lowest BCUT2D eigenvalue weighted by molar-refractivity contribution is 0.0425. The van der Waals surface area contributed by atoms with Crippen LogP contribution >= 0.6 is 0 Å². The van der Waals surface area contributed by atoms with Gasteiger partial charge in [-0.3, -0.25) is 0 Å².